The second-order valence-electron chi connectivity index (χ2n) is 3.57. The zero-order valence-electron chi connectivity index (χ0n) is 9.00. The van der Waals surface area contributed by atoms with Crippen LogP contribution in [0.5, 0.6) is 0 Å². The second-order valence-corrected chi connectivity index (χ2v) is 4.40. The molecule has 1 aromatic heterocycles. The average molecular weight is 245 g/mol. The average Bonchev–Trinajstić information content (AvgIpc) is 2.81. The van der Waals surface area contributed by atoms with E-state index in [9.17, 15) is 0 Å². The molecular weight excluding hydrogens is 234 g/mol. The molecule has 1 aliphatic heterocycles. The molecule has 0 saturated carbocycles. The highest BCUT2D eigenvalue weighted by atomic mass is 32.2. The van der Waals surface area contributed by atoms with Crippen molar-refractivity contribution in [2.24, 2.45) is 5.73 Å². The molecule has 0 fully saturated rings. The number of nitrogens with one attached hydrogen (secondary N) is 1. The third-order valence-electron chi connectivity index (χ3n) is 2.48. The van der Waals surface area contributed by atoms with Crippen LogP contribution in [-0.2, 0) is 6.54 Å². The molecule has 6 heteroatoms. The second kappa shape index (κ2) is 4.23. The van der Waals surface area contributed by atoms with Crippen molar-refractivity contribution in [2.45, 2.75) is 11.7 Å². The van der Waals surface area contributed by atoms with Crippen LogP contribution in [0.4, 0.5) is 0 Å². The minimum Gasteiger partial charge on any atom is -0.324 e. The fraction of sp³-hybridized carbons (Fsp3) is 0.0909. The third kappa shape index (κ3) is 1.81. The highest BCUT2D eigenvalue weighted by Crippen LogP contribution is 2.27. The number of rotatable bonds is 2. The normalized spacial score (nSPS) is 13.8. The molecule has 3 N–H and O–H groups in total. The third-order valence-corrected chi connectivity index (χ3v) is 3.31. The Morgan fingerprint density at radius 2 is 2.06 bits per heavy atom. The Bertz CT molecular complexity index is 560. The summed E-state index contributed by atoms with van der Waals surface area (Å²) in [4.78, 5) is 0. The number of benzene rings is 1. The number of hydrogen-bond acceptors (Lipinski definition) is 5. The molecule has 0 aliphatic carbocycles. The highest BCUT2D eigenvalue weighted by Gasteiger charge is 2.16. The lowest BCUT2D eigenvalue weighted by Gasteiger charge is -2.18. The van der Waals surface area contributed by atoms with Crippen molar-refractivity contribution in [2.75, 3.05) is 5.43 Å². The predicted octanol–water partition coefficient (Wildman–Crippen LogP) is 1.38. The minimum atomic E-state index is 0.364. The van der Waals surface area contributed by atoms with Gasteiger partial charge in [-0.25, -0.2) is 4.68 Å². The Balaban J connectivity index is 1.95. The molecular formula is C11H11N5S. The van der Waals surface area contributed by atoms with E-state index in [2.05, 4.69) is 27.8 Å². The number of nitrogens with zero attached hydrogens (tertiary/aromatic N) is 3. The fourth-order valence-corrected chi connectivity index (χ4v) is 2.39. The highest BCUT2D eigenvalue weighted by molar-refractivity contribution is 8.02. The lowest BCUT2D eigenvalue weighted by atomic mass is 10.2. The maximum atomic E-state index is 5.61. The first-order valence-electron chi connectivity index (χ1n) is 5.22. The fourth-order valence-electron chi connectivity index (χ4n) is 1.63. The van der Waals surface area contributed by atoms with Gasteiger partial charge in [-0.2, -0.15) is 0 Å². The van der Waals surface area contributed by atoms with Gasteiger partial charge in [0, 0.05) is 5.41 Å². The number of thioether (sulfide) groups is 1. The molecule has 0 unspecified atom stereocenters. The Morgan fingerprint density at radius 3 is 2.82 bits per heavy atom. The van der Waals surface area contributed by atoms with Crippen molar-refractivity contribution < 1.29 is 0 Å². The number of nitrogens with two attached hydrogens (primary N) is 1. The van der Waals surface area contributed by atoms with E-state index >= 15 is 0 Å². The number of aromatic nitrogens is 3. The van der Waals surface area contributed by atoms with Gasteiger partial charge in [-0.05, 0) is 5.56 Å². The molecule has 1 aliphatic rings. The molecule has 5 nitrogen and oxygen atoms in total. The van der Waals surface area contributed by atoms with Gasteiger partial charge in [0.15, 0.2) is 5.82 Å². The molecule has 0 amide bonds. The summed E-state index contributed by atoms with van der Waals surface area (Å²) in [5, 5.41) is 10.9. The number of fused-ring (bicyclic) bond motifs is 1. The molecule has 0 atom stereocenters. The van der Waals surface area contributed by atoms with E-state index < -0.39 is 0 Å². The summed E-state index contributed by atoms with van der Waals surface area (Å²) in [6.45, 7) is 0.364. The van der Waals surface area contributed by atoms with Crippen LogP contribution in [0.15, 0.2) is 40.9 Å². The summed E-state index contributed by atoms with van der Waals surface area (Å²) < 4.78 is 1.83. The Morgan fingerprint density at radius 1 is 1.24 bits per heavy atom. The van der Waals surface area contributed by atoms with Gasteiger partial charge in [0.05, 0.1) is 12.2 Å². The summed E-state index contributed by atoms with van der Waals surface area (Å²) in [5.74, 6) is 0.731. The zero-order chi connectivity index (χ0) is 11.7. The quantitative estimate of drug-likeness (QED) is 0.836. The van der Waals surface area contributed by atoms with E-state index in [1.165, 1.54) is 11.8 Å². The van der Waals surface area contributed by atoms with Crippen LogP contribution >= 0.6 is 11.8 Å². The molecule has 17 heavy (non-hydrogen) atoms. The van der Waals surface area contributed by atoms with Gasteiger partial charge in [-0.15, -0.1) is 10.2 Å². The monoisotopic (exact) mass is 245 g/mol. The summed E-state index contributed by atoms with van der Waals surface area (Å²) in [5.41, 5.74) is 11.0. The molecule has 2 aromatic rings. The Labute approximate surface area is 103 Å². The van der Waals surface area contributed by atoms with Crippen LogP contribution in [0.3, 0.4) is 0 Å². The van der Waals surface area contributed by atoms with Crippen LogP contribution in [-0.4, -0.2) is 14.9 Å². The topological polar surface area (TPSA) is 68.8 Å². The van der Waals surface area contributed by atoms with Crippen LogP contribution in [0, 0.1) is 0 Å². The summed E-state index contributed by atoms with van der Waals surface area (Å²) in [6, 6.07) is 10.1. The SMILES string of the molecule is NCc1nnc2n1NC(c1ccccc1)=CS2. The first kappa shape index (κ1) is 10.4. The van der Waals surface area contributed by atoms with Gasteiger partial charge in [0.1, 0.15) is 0 Å². The zero-order valence-corrected chi connectivity index (χ0v) is 9.81. The number of hydrogen-bond donors (Lipinski definition) is 2. The smallest absolute Gasteiger partial charge is 0.214 e. The van der Waals surface area contributed by atoms with Crippen LogP contribution < -0.4 is 11.2 Å². The molecule has 0 bridgehead atoms. The van der Waals surface area contributed by atoms with Gasteiger partial charge in [0.2, 0.25) is 5.16 Å². The van der Waals surface area contributed by atoms with Crippen molar-refractivity contribution >= 4 is 17.5 Å². The van der Waals surface area contributed by atoms with E-state index in [4.69, 9.17) is 5.73 Å². The van der Waals surface area contributed by atoms with Gasteiger partial charge in [-0.3, -0.25) is 5.43 Å². The molecule has 2 heterocycles. The lowest BCUT2D eigenvalue weighted by molar-refractivity contribution is 0.765. The molecule has 86 valence electrons. The van der Waals surface area contributed by atoms with E-state index in [0.29, 0.717) is 6.54 Å². The van der Waals surface area contributed by atoms with Gasteiger partial charge in [-0.1, -0.05) is 42.1 Å². The predicted molar refractivity (Wildman–Crippen MR) is 67.6 cm³/mol. The summed E-state index contributed by atoms with van der Waals surface area (Å²) in [7, 11) is 0. The van der Waals surface area contributed by atoms with Crippen molar-refractivity contribution in [3.8, 4) is 0 Å². The Hall–Kier alpha value is -1.79. The van der Waals surface area contributed by atoms with Crippen LogP contribution in [0.2, 0.25) is 0 Å². The van der Waals surface area contributed by atoms with E-state index in [-0.39, 0.29) is 0 Å². The van der Waals surface area contributed by atoms with E-state index in [1.54, 1.807) is 0 Å². The van der Waals surface area contributed by atoms with Crippen molar-refractivity contribution in [1.82, 2.24) is 14.9 Å². The van der Waals surface area contributed by atoms with Crippen molar-refractivity contribution in [3.05, 3.63) is 47.1 Å². The van der Waals surface area contributed by atoms with Gasteiger partial charge in [0.25, 0.3) is 0 Å². The van der Waals surface area contributed by atoms with Crippen LogP contribution in [0.25, 0.3) is 5.70 Å². The standard InChI is InChI=1S/C11H11N5S/c12-6-10-13-14-11-16(10)15-9(7-17-11)8-4-2-1-3-5-8/h1-5,7,15H,6,12H2. The maximum absolute atomic E-state index is 5.61. The first-order valence-corrected chi connectivity index (χ1v) is 6.10. The molecule has 0 radical (unpaired) electrons. The largest absolute Gasteiger partial charge is 0.324 e. The van der Waals surface area contributed by atoms with Crippen molar-refractivity contribution in [1.29, 1.82) is 0 Å². The van der Waals surface area contributed by atoms with E-state index in [0.717, 1.165) is 22.2 Å². The van der Waals surface area contributed by atoms with Crippen molar-refractivity contribution in [3.63, 3.8) is 0 Å². The molecule has 0 saturated heterocycles. The summed E-state index contributed by atoms with van der Waals surface area (Å²) >= 11 is 1.54. The maximum Gasteiger partial charge on any atom is 0.214 e. The Kier molecular flexibility index (Phi) is 2.58. The molecule has 3 rings (SSSR count). The minimum absolute atomic E-state index is 0.364. The first-order chi connectivity index (χ1) is 8.38. The molecule has 0 spiro atoms. The molecule has 1 aromatic carbocycles. The lowest BCUT2D eigenvalue weighted by Crippen LogP contribution is -2.21. The van der Waals surface area contributed by atoms with E-state index in [1.807, 2.05) is 28.3 Å². The van der Waals surface area contributed by atoms with Gasteiger partial charge < -0.3 is 5.73 Å². The van der Waals surface area contributed by atoms with Gasteiger partial charge >= 0.3 is 0 Å². The summed E-state index contributed by atoms with van der Waals surface area (Å²) in [6.07, 6.45) is 0. The van der Waals surface area contributed by atoms with Crippen LogP contribution in [0.1, 0.15) is 11.4 Å².